The quantitative estimate of drug-likeness (QED) is 0.828. The molecular weight excluding hydrogens is 258 g/mol. The fourth-order valence-corrected chi connectivity index (χ4v) is 4.09. The highest BCUT2D eigenvalue weighted by molar-refractivity contribution is 5.79. The number of benzene rings is 1. The van der Waals surface area contributed by atoms with Crippen molar-refractivity contribution in [3.05, 3.63) is 34.9 Å². The second kappa shape index (κ2) is 6.21. The second-order valence-corrected chi connectivity index (χ2v) is 6.97. The molecule has 2 nitrogen and oxygen atoms in total. The smallest absolute Gasteiger partial charge is 0.226 e. The summed E-state index contributed by atoms with van der Waals surface area (Å²) in [5, 5.41) is 0. The number of fused-ring (bicyclic) bond motifs is 1. The summed E-state index contributed by atoms with van der Waals surface area (Å²) in [6.45, 7) is 2.29. The lowest BCUT2D eigenvalue weighted by Gasteiger charge is -2.36. The second-order valence-electron chi connectivity index (χ2n) is 6.97. The first kappa shape index (κ1) is 14.6. The topological polar surface area (TPSA) is 20.3 Å². The first-order valence-electron chi connectivity index (χ1n) is 8.51. The largest absolute Gasteiger partial charge is 0.342 e. The Hall–Kier alpha value is -1.31. The molecule has 2 unspecified atom stereocenters. The molecular formula is C19H27NO. The van der Waals surface area contributed by atoms with E-state index in [1.165, 1.54) is 61.6 Å². The zero-order chi connectivity index (χ0) is 14.8. The van der Waals surface area contributed by atoms with Crippen molar-refractivity contribution in [3.63, 3.8) is 0 Å². The van der Waals surface area contributed by atoms with Gasteiger partial charge < -0.3 is 4.90 Å². The number of hydrogen-bond acceptors (Lipinski definition) is 1. The molecule has 0 bridgehead atoms. The van der Waals surface area contributed by atoms with Gasteiger partial charge in [0.05, 0.1) is 6.42 Å². The minimum Gasteiger partial charge on any atom is -0.342 e. The van der Waals surface area contributed by atoms with Gasteiger partial charge in [-0.25, -0.2) is 0 Å². The van der Waals surface area contributed by atoms with E-state index in [4.69, 9.17) is 0 Å². The summed E-state index contributed by atoms with van der Waals surface area (Å²) in [6.07, 6.45) is 9.26. The minimum absolute atomic E-state index is 0.284. The standard InChI is InChI=1S/C19H27NO/c1-14-6-3-4-9-18(14)20(2)19(21)13-15-10-11-16-7-5-8-17(16)12-15/h10-12,14,18H,3-9,13H2,1-2H3. The van der Waals surface area contributed by atoms with Crippen LogP contribution < -0.4 is 0 Å². The van der Waals surface area contributed by atoms with E-state index in [1.54, 1.807) is 0 Å². The van der Waals surface area contributed by atoms with Crippen molar-refractivity contribution in [2.24, 2.45) is 5.92 Å². The van der Waals surface area contributed by atoms with Gasteiger partial charge in [0.2, 0.25) is 5.91 Å². The Labute approximate surface area is 128 Å². The van der Waals surface area contributed by atoms with Crippen LogP contribution in [0.1, 0.15) is 55.7 Å². The number of aryl methyl sites for hydroxylation is 2. The number of carbonyl (C=O) groups is 1. The maximum Gasteiger partial charge on any atom is 0.226 e. The number of carbonyl (C=O) groups excluding carboxylic acids is 1. The van der Waals surface area contributed by atoms with Gasteiger partial charge in [0.25, 0.3) is 0 Å². The molecule has 114 valence electrons. The molecule has 0 spiro atoms. The van der Waals surface area contributed by atoms with E-state index in [1.807, 2.05) is 11.9 Å². The molecule has 2 heteroatoms. The fourth-order valence-electron chi connectivity index (χ4n) is 4.09. The maximum atomic E-state index is 12.6. The van der Waals surface area contributed by atoms with Crippen molar-refractivity contribution < 1.29 is 4.79 Å². The first-order valence-corrected chi connectivity index (χ1v) is 8.51. The Morgan fingerprint density at radius 1 is 1.14 bits per heavy atom. The van der Waals surface area contributed by atoms with Crippen LogP contribution in [0.15, 0.2) is 18.2 Å². The Bertz CT molecular complexity index is 522. The van der Waals surface area contributed by atoms with Crippen LogP contribution in [0.3, 0.4) is 0 Å². The molecule has 3 rings (SSSR count). The van der Waals surface area contributed by atoms with Crippen LogP contribution in [-0.2, 0) is 24.1 Å². The molecule has 0 radical (unpaired) electrons. The third-order valence-electron chi connectivity index (χ3n) is 5.48. The third kappa shape index (κ3) is 3.14. The lowest BCUT2D eigenvalue weighted by atomic mass is 9.85. The van der Waals surface area contributed by atoms with Crippen LogP contribution in [0.25, 0.3) is 0 Å². The van der Waals surface area contributed by atoms with Crippen LogP contribution in [0, 0.1) is 5.92 Å². The summed E-state index contributed by atoms with van der Waals surface area (Å²) in [7, 11) is 2.00. The zero-order valence-electron chi connectivity index (χ0n) is 13.4. The number of amides is 1. The van der Waals surface area contributed by atoms with Crippen molar-refractivity contribution >= 4 is 5.91 Å². The monoisotopic (exact) mass is 285 g/mol. The summed E-state index contributed by atoms with van der Waals surface area (Å²) >= 11 is 0. The van der Waals surface area contributed by atoms with E-state index >= 15 is 0 Å². The molecule has 1 amide bonds. The molecule has 0 saturated heterocycles. The zero-order valence-corrected chi connectivity index (χ0v) is 13.4. The Morgan fingerprint density at radius 2 is 1.90 bits per heavy atom. The van der Waals surface area contributed by atoms with Gasteiger partial charge in [-0.1, -0.05) is 38.0 Å². The number of likely N-dealkylation sites (N-methyl/N-ethyl adjacent to an activating group) is 1. The van der Waals surface area contributed by atoms with Gasteiger partial charge in [-0.3, -0.25) is 4.79 Å². The summed E-state index contributed by atoms with van der Waals surface area (Å²) in [5.41, 5.74) is 4.14. The normalized spacial score (nSPS) is 24.7. The van der Waals surface area contributed by atoms with E-state index in [9.17, 15) is 4.79 Å². The van der Waals surface area contributed by atoms with Gasteiger partial charge in [0, 0.05) is 13.1 Å². The molecule has 1 aromatic carbocycles. The molecule has 21 heavy (non-hydrogen) atoms. The van der Waals surface area contributed by atoms with Crippen molar-refractivity contribution in [1.82, 2.24) is 4.90 Å². The molecule has 0 aliphatic heterocycles. The van der Waals surface area contributed by atoms with E-state index in [-0.39, 0.29) is 5.91 Å². The van der Waals surface area contributed by atoms with Crippen molar-refractivity contribution in [2.45, 2.75) is 64.3 Å². The highest BCUT2D eigenvalue weighted by atomic mass is 16.2. The van der Waals surface area contributed by atoms with Crippen molar-refractivity contribution in [2.75, 3.05) is 7.05 Å². The molecule has 1 saturated carbocycles. The fraction of sp³-hybridized carbons (Fsp3) is 0.632. The molecule has 2 atom stereocenters. The van der Waals surface area contributed by atoms with Crippen LogP contribution >= 0.6 is 0 Å². The summed E-state index contributed by atoms with van der Waals surface area (Å²) < 4.78 is 0. The SMILES string of the molecule is CC1CCCCC1N(C)C(=O)Cc1ccc2c(c1)CCC2. The average molecular weight is 285 g/mol. The molecule has 2 aliphatic carbocycles. The molecule has 0 aromatic heterocycles. The summed E-state index contributed by atoms with van der Waals surface area (Å²) in [5.74, 6) is 0.930. The van der Waals surface area contributed by atoms with Crippen molar-refractivity contribution in [1.29, 1.82) is 0 Å². The van der Waals surface area contributed by atoms with Crippen LogP contribution in [0.2, 0.25) is 0 Å². The van der Waals surface area contributed by atoms with Gasteiger partial charge in [-0.2, -0.15) is 0 Å². The maximum absolute atomic E-state index is 12.6. The van der Waals surface area contributed by atoms with Gasteiger partial charge in [-0.15, -0.1) is 0 Å². The lowest BCUT2D eigenvalue weighted by Crippen LogP contribution is -2.43. The first-order chi connectivity index (χ1) is 10.1. The molecule has 0 N–H and O–H groups in total. The Morgan fingerprint density at radius 3 is 2.71 bits per heavy atom. The highest BCUT2D eigenvalue weighted by Gasteiger charge is 2.27. The van der Waals surface area contributed by atoms with Gasteiger partial charge in [0.1, 0.15) is 0 Å². The van der Waals surface area contributed by atoms with E-state index in [0.29, 0.717) is 18.4 Å². The molecule has 0 heterocycles. The van der Waals surface area contributed by atoms with Gasteiger partial charge in [0.15, 0.2) is 0 Å². The number of rotatable bonds is 3. The number of hydrogen-bond donors (Lipinski definition) is 0. The van der Waals surface area contributed by atoms with E-state index in [0.717, 1.165) is 0 Å². The molecule has 1 aromatic rings. The predicted octanol–water partition coefficient (Wildman–Crippen LogP) is 3.75. The summed E-state index contributed by atoms with van der Waals surface area (Å²) in [6, 6.07) is 7.09. The molecule has 2 aliphatic rings. The number of nitrogens with zero attached hydrogens (tertiary/aromatic N) is 1. The molecule has 1 fully saturated rings. The van der Waals surface area contributed by atoms with E-state index in [2.05, 4.69) is 25.1 Å². The van der Waals surface area contributed by atoms with Crippen LogP contribution in [-0.4, -0.2) is 23.9 Å². The average Bonchev–Trinajstić information content (AvgIpc) is 2.94. The minimum atomic E-state index is 0.284. The third-order valence-corrected chi connectivity index (χ3v) is 5.48. The lowest BCUT2D eigenvalue weighted by molar-refractivity contribution is -0.132. The summed E-state index contributed by atoms with van der Waals surface area (Å²) in [4.78, 5) is 14.6. The van der Waals surface area contributed by atoms with Gasteiger partial charge >= 0.3 is 0 Å². The van der Waals surface area contributed by atoms with Crippen LogP contribution in [0.4, 0.5) is 0 Å². The highest BCUT2D eigenvalue weighted by Crippen LogP contribution is 2.28. The van der Waals surface area contributed by atoms with Crippen molar-refractivity contribution in [3.8, 4) is 0 Å². The van der Waals surface area contributed by atoms with Gasteiger partial charge in [-0.05, 0) is 54.7 Å². The predicted molar refractivity (Wildman–Crippen MR) is 86.4 cm³/mol. The van der Waals surface area contributed by atoms with E-state index < -0.39 is 0 Å². The van der Waals surface area contributed by atoms with Crippen LogP contribution in [0.5, 0.6) is 0 Å². The Kier molecular flexibility index (Phi) is 4.32. The Balaban J connectivity index is 1.65.